The molecule has 4 heteroatoms. The number of rotatable bonds is 2. The third-order valence-corrected chi connectivity index (χ3v) is 4.53. The lowest BCUT2D eigenvalue weighted by Gasteiger charge is -1.99. The zero-order chi connectivity index (χ0) is 16.5. The van der Waals surface area contributed by atoms with Crippen molar-refractivity contribution in [2.45, 2.75) is 0 Å². The van der Waals surface area contributed by atoms with Crippen LogP contribution in [-0.2, 0) is 0 Å². The molecule has 0 atom stereocenters. The fraction of sp³-hybridized carbons (Fsp3) is 0. The lowest BCUT2D eigenvalue weighted by molar-refractivity contribution is 1.25. The molecule has 0 unspecified atom stereocenters. The summed E-state index contributed by atoms with van der Waals surface area (Å²) in [4.78, 5) is 0. The van der Waals surface area contributed by atoms with Crippen LogP contribution in [0.4, 0.5) is 0 Å². The van der Waals surface area contributed by atoms with Crippen LogP contribution in [0.1, 0.15) is 16.7 Å². The summed E-state index contributed by atoms with van der Waals surface area (Å²) in [6.07, 6.45) is 1.65. The van der Waals surface area contributed by atoms with Gasteiger partial charge in [0, 0.05) is 21.7 Å². The maximum atomic E-state index is 6.16. The summed E-state index contributed by atoms with van der Waals surface area (Å²) in [6, 6.07) is 21.8. The molecule has 0 spiro atoms. The third kappa shape index (κ3) is 2.64. The van der Waals surface area contributed by atoms with Gasteiger partial charge in [-0.3, -0.25) is 0 Å². The molecule has 0 aromatic heterocycles. The van der Waals surface area contributed by atoms with Crippen LogP contribution < -0.4 is 0 Å². The molecule has 3 aromatic carbocycles. The monoisotopic (exact) mass is 350 g/mol. The second kappa shape index (κ2) is 6.23. The molecule has 116 valence electrons. The topological polar surface area (TPSA) is 24.7 Å². The molecule has 1 aliphatic carbocycles. The van der Waals surface area contributed by atoms with Crippen molar-refractivity contribution >= 4 is 35.1 Å². The molecule has 4 rings (SSSR count). The van der Waals surface area contributed by atoms with Crippen molar-refractivity contribution in [1.82, 2.24) is 0 Å². The van der Waals surface area contributed by atoms with Crippen LogP contribution in [0.5, 0.6) is 0 Å². The lowest BCUT2D eigenvalue weighted by atomic mass is 10.1. The average Bonchev–Trinajstić information content (AvgIpc) is 2.91. The maximum Gasteiger partial charge on any atom is 0.101 e. The molecular weight excluding hydrogens is 339 g/mol. The van der Waals surface area contributed by atoms with Crippen molar-refractivity contribution in [3.05, 3.63) is 93.5 Å². The molecule has 3 aromatic rings. The van der Waals surface area contributed by atoms with Crippen molar-refractivity contribution in [2.24, 2.45) is 10.2 Å². The number of fused-ring (bicyclic) bond motifs is 3. The van der Waals surface area contributed by atoms with E-state index in [0.29, 0.717) is 10.0 Å². The minimum absolute atomic E-state index is 0.554. The maximum absolute atomic E-state index is 6.16. The van der Waals surface area contributed by atoms with E-state index in [1.807, 2.05) is 30.3 Å². The first-order valence-electron chi connectivity index (χ1n) is 7.49. The van der Waals surface area contributed by atoms with Gasteiger partial charge in [-0.2, -0.15) is 5.10 Å². The number of benzene rings is 3. The first kappa shape index (κ1) is 15.1. The van der Waals surface area contributed by atoms with Gasteiger partial charge in [0.05, 0.1) is 11.2 Å². The minimum atomic E-state index is 0.554. The second-order valence-electron chi connectivity index (χ2n) is 5.45. The molecule has 0 aliphatic heterocycles. The van der Waals surface area contributed by atoms with E-state index in [1.165, 1.54) is 11.1 Å². The quantitative estimate of drug-likeness (QED) is 0.320. The Kier molecular flexibility index (Phi) is 3.93. The molecule has 0 fully saturated rings. The van der Waals surface area contributed by atoms with Gasteiger partial charge < -0.3 is 0 Å². The normalized spacial score (nSPS) is 12.3. The van der Waals surface area contributed by atoms with Crippen molar-refractivity contribution in [3.8, 4) is 11.1 Å². The zero-order valence-corrected chi connectivity index (χ0v) is 14.1. The van der Waals surface area contributed by atoms with Gasteiger partial charge in [0.25, 0.3) is 0 Å². The highest BCUT2D eigenvalue weighted by molar-refractivity contribution is 6.36. The van der Waals surface area contributed by atoms with Crippen LogP contribution in [0, 0.1) is 0 Å². The fourth-order valence-corrected chi connectivity index (χ4v) is 3.31. The van der Waals surface area contributed by atoms with Crippen LogP contribution in [0.25, 0.3) is 11.1 Å². The summed E-state index contributed by atoms with van der Waals surface area (Å²) in [5, 5.41) is 9.86. The zero-order valence-electron chi connectivity index (χ0n) is 12.6. The Hall–Kier alpha value is -2.42. The highest BCUT2D eigenvalue weighted by Crippen LogP contribution is 2.36. The highest BCUT2D eigenvalue weighted by Gasteiger charge is 2.23. The Labute approximate surface area is 150 Å². The van der Waals surface area contributed by atoms with Gasteiger partial charge in [0.2, 0.25) is 0 Å². The van der Waals surface area contributed by atoms with E-state index in [1.54, 1.807) is 18.3 Å². The lowest BCUT2D eigenvalue weighted by Crippen LogP contribution is -1.97. The SMILES string of the molecule is Clc1ccc(/C=N/N=C2c3ccccc3-c3ccccc32)c(Cl)c1. The number of halogens is 2. The summed E-state index contributed by atoms with van der Waals surface area (Å²) in [5.41, 5.74) is 6.22. The van der Waals surface area contributed by atoms with Crippen molar-refractivity contribution in [1.29, 1.82) is 0 Å². The average molecular weight is 351 g/mol. The summed E-state index contributed by atoms with van der Waals surface area (Å²) >= 11 is 12.1. The van der Waals surface area contributed by atoms with Crippen molar-refractivity contribution in [2.75, 3.05) is 0 Å². The van der Waals surface area contributed by atoms with Gasteiger partial charge >= 0.3 is 0 Å². The van der Waals surface area contributed by atoms with Gasteiger partial charge in [0.1, 0.15) is 5.71 Å². The molecule has 0 amide bonds. The van der Waals surface area contributed by atoms with Gasteiger partial charge in [-0.05, 0) is 23.3 Å². The predicted molar refractivity (Wildman–Crippen MR) is 102 cm³/mol. The van der Waals surface area contributed by atoms with E-state index in [-0.39, 0.29) is 0 Å². The van der Waals surface area contributed by atoms with Crippen LogP contribution in [0.15, 0.2) is 76.9 Å². The summed E-state index contributed by atoms with van der Waals surface area (Å²) in [6.45, 7) is 0. The molecule has 0 N–H and O–H groups in total. The first-order valence-corrected chi connectivity index (χ1v) is 8.25. The molecular formula is C20H12Cl2N2. The fourth-order valence-electron chi connectivity index (χ4n) is 2.86. The molecule has 24 heavy (non-hydrogen) atoms. The Morgan fingerprint density at radius 2 is 1.29 bits per heavy atom. The molecule has 1 aliphatic rings. The summed E-state index contributed by atoms with van der Waals surface area (Å²) in [7, 11) is 0. The molecule has 2 nitrogen and oxygen atoms in total. The number of nitrogens with zero attached hydrogens (tertiary/aromatic N) is 2. The van der Waals surface area contributed by atoms with Gasteiger partial charge in [-0.1, -0.05) is 77.8 Å². The third-order valence-electron chi connectivity index (χ3n) is 3.97. The Morgan fingerprint density at radius 3 is 1.88 bits per heavy atom. The molecule has 0 bridgehead atoms. The molecule has 0 radical (unpaired) electrons. The molecule has 0 saturated carbocycles. The Morgan fingerprint density at radius 1 is 0.708 bits per heavy atom. The standard InChI is InChI=1S/C20H12Cl2N2/c21-14-10-9-13(19(22)11-14)12-23-24-20-17-7-3-1-5-15(17)16-6-2-4-8-18(16)20/h1-12H/b23-12+. The van der Waals surface area contributed by atoms with Crippen molar-refractivity contribution in [3.63, 3.8) is 0 Å². The van der Waals surface area contributed by atoms with Crippen molar-refractivity contribution < 1.29 is 0 Å². The van der Waals surface area contributed by atoms with E-state index >= 15 is 0 Å². The van der Waals surface area contributed by atoms with Gasteiger partial charge in [0.15, 0.2) is 0 Å². The Balaban J connectivity index is 1.76. The highest BCUT2D eigenvalue weighted by atomic mass is 35.5. The van der Waals surface area contributed by atoms with Gasteiger partial charge in [-0.15, -0.1) is 5.10 Å². The van der Waals surface area contributed by atoms with Crippen LogP contribution in [0.3, 0.4) is 0 Å². The summed E-state index contributed by atoms with van der Waals surface area (Å²) < 4.78 is 0. The van der Waals surface area contributed by atoms with Gasteiger partial charge in [-0.25, -0.2) is 0 Å². The van der Waals surface area contributed by atoms with Crippen LogP contribution in [0.2, 0.25) is 10.0 Å². The first-order chi connectivity index (χ1) is 11.7. The molecule has 0 heterocycles. The summed E-state index contributed by atoms with van der Waals surface area (Å²) in [5.74, 6) is 0. The number of hydrogen-bond acceptors (Lipinski definition) is 2. The minimum Gasteiger partial charge on any atom is -0.158 e. The van der Waals surface area contributed by atoms with E-state index in [4.69, 9.17) is 23.2 Å². The van der Waals surface area contributed by atoms with E-state index in [2.05, 4.69) is 34.5 Å². The van der Waals surface area contributed by atoms with E-state index in [9.17, 15) is 0 Å². The van der Waals surface area contributed by atoms with Crippen LogP contribution >= 0.6 is 23.2 Å². The van der Waals surface area contributed by atoms with Crippen LogP contribution in [-0.4, -0.2) is 11.9 Å². The number of hydrogen-bond donors (Lipinski definition) is 0. The predicted octanol–water partition coefficient (Wildman–Crippen LogP) is 5.85. The van der Waals surface area contributed by atoms with E-state index < -0.39 is 0 Å². The second-order valence-corrected chi connectivity index (χ2v) is 6.29. The van der Waals surface area contributed by atoms with E-state index in [0.717, 1.165) is 22.4 Å². The molecule has 0 saturated heterocycles. The smallest absolute Gasteiger partial charge is 0.101 e. The Bertz CT molecular complexity index is 943. The largest absolute Gasteiger partial charge is 0.158 e.